The zero-order valence-corrected chi connectivity index (χ0v) is 29.5. The molecule has 1 aliphatic carbocycles. The molecule has 0 saturated heterocycles. The summed E-state index contributed by atoms with van der Waals surface area (Å²) in [5.41, 5.74) is 1.51. The number of carbonyl (C=O) groups excluding carboxylic acids is 2. The Hall–Kier alpha value is -3.13. The Labute approximate surface area is 276 Å². The van der Waals surface area contributed by atoms with E-state index in [2.05, 4.69) is 29.5 Å². The zero-order valence-electron chi connectivity index (χ0n) is 28.5. The van der Waals surface area contributed by atoms with E-state index in [1.807, 2.05) is 37.6 Å². The van der Waals surface area contributed by atoms with Crippen molar-refractivity contribution in [1.82, 2.24) is 19.4 Å². The number of carbonyl (C=O) groups is 3. The van der Waals surface area contributed by atoms with E-state index in [9.17, 15) is 32.7 Å². The topological polar surface area (TPSA) is 108 Å². The minimum absolute atomic E-state index is 0.0458. The molecular formula is C33H50F3N5O5Si. The number of nitrogens with zero attached hydrogens (tertiary/aromatic N) is 5. The van der Waals surface area contributed by atoms with Gasteiger partial charge in [-0.25, -0.2) is 4.98 Å². The number of amides is 2. The maximum absolute atomic E-state index is 13.5. The van der Waals surface area contributed by atoms with Gasteiger partial charge in [-0.15, -0.1) is 0 Å². The quantitative estimate of drug-likeness (QED) is 0.192. The first-order valence-electron chi connectivity index (χ1n) is 16.5. The number of carboxylic acids is 1. The molecule has 10 nitrogen and oxygen atoms in total. The molecular weight excluding hydrogens is 631 g/mol. The smallest absolute Gasteiger partial charge is 0.406 e. The highest BCUT2D eigenvalue weighted by atomic mass is 28.3. The lowest BCUT2D eigenvalue weighted by molar-refractivity contribution is -0.163. The van der Waals surface area contributed by atoms with Crippen LogP contribution < -0.4 is 4.90 Å². The maximum atomic E-state index is 13.5. The van der Waals surface area contributed by atoms with E-state index in [1.165, 1.54) is 11.1 Å². The molecule has 14 heteroatoms. The first-order chi connectivity index (χ1) is 21.8. The Morgan fingerprint density at radius 3 is 2.40 bits per heavy atom. The van der Waals surface area contributed by atoms with Gasteiger partial charge in [0.05, 0.1) is 17.9 Å². The van der Waals surface area contributed by atoms with Gasteiger partial charge in [0.2, 0.25) is 5.91 Å². The van der Waals surface area contributed by atoms with Crippen LogP contribution in [0.3, 0.4) is 0 Å². The summed E-state index contributed by atoms with van der Waals surface area (Å²) in [5.74, 6) is -2.10. The molecule has 2 aromatic heterocycles. The lowest BCUT2D eigenvalue weighted by atomic mass is 9.84. The third kappa shape index (κ3) is 10.2. The Morgan fingerprint density at radius 2 is 1.81 bits per heavy atom. The average Bonchev–Trinajstić information content (AvgIpc) is 3.37. The van der Waals surface area contributed by atoms with Gasteiger partial charge in [0, 0.05) is 51.5 Å². The Balaban J connectivity index is 1.53. The summed E-state index contributed by atoms with van der Waals surface area (Å²) < 4.78 is 48.3. The first kappa shape index (κ1) is 36.7. The second-order valence-corrected chi connectivity index (χ2v) is 21.1. The summed E-state index contributed by atoms with van der Waals surface area (Å²) >= 11 is 0. The van der Waals surface area contributed by atoms with Crippen LogP contribution in [0.1, 0.15) is 69.7 Å². The Bertz CT molecular complexity index is 1430. The number of carboxylic acid groups (broad SMARTS) is 1. The predicted molar refractivity (Wildman–Crippen MR) is 177 cm³/mol. The number of hydrogen-bond acceptors (Lipinski definition) is 6. The van der Waals surface area contributed by atoms with Gasteiger partial charge in [0.25, 0.3) is 5.91 Å². The third-order valence-electron chi connectivity index (χ3n) is 8.99. The fourth-order valence-electron chi connectivity index (χ4n) is 6.37. The number of rotatable bonds is 13. The molecule has 0 atom stereocenters. The highest BCUT2D eigenvalue weighted by Gasteiger charge is 2.39. The number of aliphatic carboxylic acids is 1. The van der Waals surface area contributed by atoms with Crippen LogP contribution in [0, 0.1) is 11.3 Å². The molecule has 2 aromatic rings. The van der Waals surface area contributed by atoms with Crippen molar-refractivity contribution in [1.29, 1.82) is 0 Å². The van der Waals surface area contributed by atoms with Crippen molar-refractivity contribution in [3.05, 3.63) is 24.0 Å². The molecule has 2 amide bonds. The second kappa shape index (κ2) is 14.5. The molecule has 262 valence electrons. The van der Waals surface area contributed by atoms with Gasteiger partial charge < -0.3 is 29.1 Å². The van der Waals surface area contributed by atoms with E-state index in [0.717, 1.165) is 16.3 Å². The van der Waals surface area contributed by atoms with Crippen molar-refractivity contribution in [2.45, 2.75) is 104 Å². The van der Waals surface area contributed by atoms with Crippen LogP contribution in [0.5, 0.6) is 0 Å². The summed E-state index contributed by atoms with van der Waals surface area (Å²) in [5, 5.41) is 10.3. The van der Waals surface area contributed by atoms with E-state index >= 15 is 0 Å². The Kier molecular flexibility index (Phi) is 11.4. The van der Waals surface area contributed by atoms with Crippen LogP contribution in [0.4, 0.5) is 18.9 Å². The highest BCUT2D eigenvalue weighted by molar-refractivity contribution is 6.76. The number of aromatic nitrogens is 2. The molecule has 1 fully saturated rings. The zero-order chi connectivity index (χ0) is 34.7. The lowest BCUT2D eigenvalue weighted by Crippen LogP contribution is -2.53. The van der Waals surface area contributed by atoms with Crippen LogP contribution in [0.25, 0.3) is 11.0 Å². The van der Waals surface area contributed by atoms with Crippen LogP contribution >= 0.6 is 0 Å². The third-order valence-corrected chi connectivity index (χ3v) is 10.7. The molecule has 1 N–H and O–H groups in total. The van der Waals surface area contributed by atoms with Crippen molar-refractivity contribution in [2.75, 3.05) is 37.8 Å². The fraction of sp³-hybridized carbons (Fsp3) is 0.697. The number of hydrogen-bond donors (Lipinski definition) is 1. The predicted octanol–water partition coefficient (Wildman–Crippen LogP) is 6.43. The number of fused-ring (bicyclic) bond motifs is 3. The molecule has 2 aliphatic rings. The first-order valence-corrected chi connectivity index (χ1v) is 20.2. The van der Waals surface area contributed by atoms with E-state index < -0.39 is 45.1 Å². The van der Waals surface area contributed by atoms with E-state index in [0.29, 0.717) is 62.3 Å². The molecule has 47 heavy (non-hydrogen) atoms. The normalized spacial score (nSPS) is 19.3. The SMILES string of the molecule is CC(C)(C)CCC(=O)N(CC(F)(F)F)C[C@H]1CC[C@H](N2CN(CC(=O)O)C(=O)c3cnc4c(ccn4COCC[Si](C)(C)C)c32)CC1. The molecule has 1 saturated carbocycles. The van der Waals surface area contributed by atoms with Gasteiger partial charge in [-0.05, 0) is 55.5 Å². The van der Waals surface area contributed by atoms with Gasteiger partial charge in [-0.1, -0.05) is 40.4 Å². The van der Waals surface area contributed by atoms with Crippen molar-refractivity contribution >= 4 is 42.6 Å². The van der Waals surface area contributed by atoms with Gasteiger partial charge >= 0.3 is 12.1 Å². The number of anilines is 1. The van der Waals surface area contributed by atoms with Crippen LogP contribution in [-0.2, 0) is 21.1 Å². The van der Waals surface area contributed by atoms with Gasteiger partial charge in [-0.2, -0.15) is 13.2 Å². The second-order valence-electron chi connectivity index (χ2n) is 15.5. The van der Waals surface area contributed by atoms with Crippen LogP contribution in [0.2, 0.25) is 25.7 Å². The van der Waals surface area contributed by atoms with Crippen LogP contribution in [0.15, 0.2) is 18.5 Å². The molecule has 3 heterocycles. The maximum Gasteiger partial charge on any atom is 0.406 e. The lowest BCUT2D eigenvalue weighted by Gasteiger charge is -2.45. The van der Waals surface area contributed by atoms with Crippen molar-refractivity contribution < 1.29 is 37.4 Å². The highest BCUT2D eigenvalue weighted by Crippen LogP contribution is 2.40. The van der Waals surface area contributed by atoms with Crippen molar-refractivity contribution in [3.8, 4) is 0 Å². The summed E-state index contributed by atoms with van der Waals surface area (Å²) in [6.45, 7) is 12.1. The molecule has 0 spiro atoms. The average molecular weight is 682 g/mol. The van der Waals surface area contributed by atoms with Gasteiger partial charge in [0.15, 0.2) is 0 Å². The van der Waals surface area contributed by atoms with E-state index in [1.54, 1.807) is 0 Å². The molecule has 0 radical (unpaired) electrons. The van der Waals surface area contributed by atoms with Crippen molar-refractivity contribution in [3.63, 3.8) is 0 Å². The molecule has 0 unspecified atom stereocenters. The monoisotopic (exact) mass is 681 g/mol. The van der Waals surface area contributed by atoms with E-state index in [4.69, 9.17) is 4.74 Å². The number of alkyl halides is 3. The molecule has 1 aliphatic heterocycles. The number of ether oxygens (including phenoxy) is 1. The summed E-state index contributed by atoms with van der Waals surface area (Å²) in [7, 11) is -1.26. The van der Waals surface area contributed by atoms with Gasteiger partial charge in [-0.3, -0.25) is 14.4 Å². The number of halogens is 3. The fourth-order valence-corrected chi connectivity index (χ4v) is 7.13. The van der Waals surface area contributed by atoms with E-state index in [-0.39, 0.29) is 37.0 Å². The molecule has 0 aromatic carbocycles. The van der Waals surface area contributed by atoms with Crippen molar-refractivity contribution in [2.24, 2.45) is 11.3 Å². The minimum atomic E-state index is -4.48. The van der Waals surface area contributed by atoms with Gasteiger partial charge in [0.1, 0.15) is 25.5 Å². The van der Waals surface area contributed by atoms with Crippen LogP contribution in [-0.4, -0.2) is 95.4 Å². The summed E-state index contributed by atoms with van der Waals surface area (Å²) in [6, 6.07) is 2.85. The summed E-state index contributed by atoms with van der Waals surface area (Å²) in [4.78, 5) is 46.9. The molecule has 0 bridgehead atoms. The minimum Gasteiger partial charge on any atom is -0.480 e. The largest absolute Gasteiger partial charge is 0.480 e. The standard InChI is InChI=1S/C33H50F3N5O5Si/c1-32(2,3)13-11-27(42)39(20-33(34,35)36)18-23-7-9-24(10-8-23)41-21-40(19-28(43)44)31(45)26-17-37-30-25(29(26)41)12-14-38(30)22-46-15-16-47(4,5)6/h12,14,17,23-24H,7-11,13,15-16,18-22H2,1-6H3,(H,43,44)/t23-,24-. The Morgan fingerprint density at radius 1 is 1.13 bits per heavy atom. The summed E-state index contributed by atoms with van der Waals surface area (Å²) in [6.07, 6.45) is 1.92. The number of pyridine rings is 1. The molecule has 4 rings (SSSR count).